The van der Waals surface area contributed by atoms with Crippen LogP contribution < -0.4 is 16.0 Å². The summed E-state index contributed by atoms with van der Waals surface area (Å²) in [5.41, 5.74) is 0.943. The molecule has 0 aliphatic rings. The summed E-state index contributed by atoms with van der Waals surface area (Å²) in [7, 11) is 0. The van der Waals surface area contributed by atoms with Gasteiger partial charge in [0.15, 0.2) is 11.0 Å². The van der Waals surface area contributed by atoms with E-state index in [0.29, 0.717) is 5.56 Å². The van der Waals surface area contributed by atoms with Crippen LogP contribution in [0.3, 0.4) is 0 Å². The number of carbonyl (C=O) groups excluding carboxylic acids is 2. The van der Waals surface area contributed by atoms with E-state index in [1.54, 1.807) is 30.3 Å². The lowest BCUT2D eigenvalue weighted by Crippen LogP contribution is -2.35. The Labute approximate surface area is 230 Å². The van der Waals surface area contributed by atoms with Crippen molar-refractivity contribution in [3.05, 3.63) is 89.6 Å². The van der Waals surface area contributed by atoms with Crippen LogP contribution in [-0.2, 0) is 11.0 Å². The number of nitrogens with one attached hydrogen (secondary N) is 3. The minimum Gasteiger partial charge on any atom is -0.339 e. The number of pyridine rings is 1. The van der Waals surface area contributed by atoms with Gasteiger partial charge in [-0.3, -0.25) is 15.4 Å². The number of amides is 3. The van der Waals surface area contributed by atoms with E-state index >= 15 is 0 Å². The Kier molecular flexibility index (Phi) is 8.60. The van der Waals surface area contributed by atoms with Crippen molar-refractivity contribution in [2.75, 3.05) is 16.4 Å². The standard InChI is InChI=1S/C27H20F3N7O2S/c1-16-8-10-17(11-9-16)23-20(14-31)24(33-19-6-4-5-18(13-19)27(28,29)30)37-26(36-23)40-15-22(38)35-25(39)34-21-7-2-3-12-32-21/h2-13H,15H2,1H3,(H,33,36,37)(H2,32,34,35,38,39). The van der Waals surface area contributed by atoms with Gasteiger partial charge in [-0.15, -0.1) is 0 Å². The zero-order chi connectivity index (χ0) is 28.7. The molecule has 40 heavy (non-hydrogen) atoms. The molecule has 0 atom stereocenters. The average molecular weight is 564 g/mol. The molecule has 0 unspecified atom stereocenters. The number of nitrogens with zero attached hydrogens (tertiary/aromatic N) is 4. The summed E-state index contributed by atoms with van der Waals surface area (Å²) in [5, 5.41) is 17.4. The maximum absolute atomic E-state index is 13.2. The topological polar surface area (TPSA) is 133 Å². The number of urea groups is 1. The molecule has 2 aromatic heterocycles. The number of carbonyl (C=O) groups is 2. The number of anilines is 3. The molecule has 0 aliphatic carbocycles. The number of benzene rings is 2. The number of aryl methyl sites for hydroxylation is 1. The first-order valence-corrected chi connectivity index (χ1v) is 12.6. The maximum Gasteiger partial charge on any atom is 0.416 e. The van der Waals surface area contributed by atoms with Gasteiger partial charge in [0.25, 0.3) is 0 Å². The van der Waals surface area contributed by atoms with E-state index in [1.807, 2.05) is 25.1 Å². The maximum atomic E-state index is 13.2. The molecule has 202 valence electrons. The van der Waals surface area contributed by atoms with Crippen LogP contribution in [-0.4, -0.2) is 32.6 Å². The second-order valence-electron chi connectivity index (χ2n) is 8.27. The molecule has 9 nitrogen and oxygen atoms in total. The van der Waals surface area contributed by atoms with Gasteiger partial charge < -0.3 is 5.32 Å². The molecule has 0 spiro atoms. The third kappa shape index (κ3) is 7.33. The Morgan fingerprint density at radius 1 is 1.02 bits per heavy atom. The molecule has 2 aromatic carbocycles. The lowest BCUT2D eigenvalue weighted by molar-refractivity contribution is -0.137. The van der Waals surface area contributed by atoms with Crippen molar-refractivity contribution in [3.8, 4) is 17.3 Å². The quantitative estimate of drug-likeness (QED) is 0.186. The molecule has 0 saturated carbocycles. The van der Waals surface area contributed by atoms with Crippen LogP contribution in [0.5, 0.6) is 0 Å². The minimum atomic E-state index is -4.56. The van der Waals surface area contributed by atoms with E-state index < -0.39 is 23.7 Å². The number of hydrogen-bond acceptors (Lipinski definition) is 8. The highest BCUT2D eigenvalue weighted by Crippen LogP contribution is 2.34. The fourth-order valence-electron chi connectivity index (χ4n) is 3.41. The monoisotopic (exact) mass is 563 g/mol. The smallest absolute Gasteiger partial charge is 0.339 e. The normalized spacial score (nSPS) is 10.9. The summed E-state index contributed by atoms with van der Waals surface area (Å²) in [6.07, 6.45) is -3.09. The van der Waals surface area contributed by atoms with Crippen molar-refractivity contribution in [2.24, 2.45) is 0 Å². The van der Waals surface area contributed by atoms with E-state index in [2.05, 4.69) is 30.9 Å². The van der Waals surface area contributed by atoms with Crippen molar-refractivity contribution in [3.63, 3.8) is 0 Å². The minimum absolute atomic E-state index is 0.00445. The van der Waals surface area contributed by atoms with E-state index in [1.165, 1.54) is 18.3 Å². The fourth-order valence-corrected chi connectivity index (χ4v) is 4.05. The Balaban J connectivity index is 1.60. The highest BCUT2D eigenvalue weighted by Gasteiger charge is 2.30. The first kappa shape index (κ1) is 28.1. The molecular weight excluding hydrogens is 543 g/mol. The van der Waals surface area contributed by atoms with Gasteiger partial charge in [0, 0.05) is 17.4 Å². The van der Waals surface area contributed by atoms with Crippen LogP contribution in [0.1, 0.15) is 16.7 Å². The molecule has 0 aliphatic heterocycles. The largest absolute Gasteiger partial charge is 0.416 e. The zero-order valence-electron chi connectivity index (χ0n) is 20.8. The van der Waals surface area contributed by atoms with Crippen LogP contribution >= 0.6 is 11.8 Å². The summed E-state index contributed by atoms with van der Waals surface area (Å²) in [6, 6.07) is 17.7. The number of alkyl halides is 3. The Morgan fingerprint density at radius 2 is 1.80 bits per heavy atom. The first-order chi connectivity index (χ1) is 19.1. The molecule has 3 N–H and O–H groups in total. The van der Waals surface area contributed by atoms with Crippen molar-refractivity contribution in [2.45, 2.75) is 18.3 Å². The number of rotatable bonds is 7. The molecule has 13 heteroatoms. The second kappa shape index (κ2) is 12.3. The number of imide groups is 1. The van der Waals surface area contributed by atoms with Crippen molar-refractivity contribution < 1.29 is 22.8 Å². The fraction of sp³-hybridized carbons (Fsp3) is 0.111. The number of nitriles is 1. The molecule has 0 fully saturated rings. The highest BCUT2D eigenvalue weighted by atomic mass is 32.2. The predicted octanol–water partition coefficient (Wildman–Crippen LogP) is 5.92. The van der Waals surface area contributed by atoms with Crippen LogP contribution in [0.4, 0.5) is 35.3 Å². The first-order valence-electron chi connectivity index (χ1n) is 11.6. The SMILES string of the molecule is Cc1ccc(-c2nc(SCC(=O)NC(=O)Nc3ccccn3)nc(Nc3cccc(C(F)(F)F)c3)c2C#N)cc1. The van der Waals surface area contributed by atoms with Gasteiger partial charge in [0.05, 0.1) is 17.0 Å². The van der Waals surface area contributed by atoms with E-state index in [0.717, 1.165) is 29.5 Å². The van der Waals surface area contributed by atoms with E-state index in [4.69, 9.17) is 0 Å². The summed E-state index contributed by atoms with van der Waals surface area (Å²) in [5.74, 6) is -0.708. The molecule has 4 aromatic rings. The molecule has 4 rings (SSSR count). The lowest BCUT2D eigenvalue weighted by atomic mass is 10.1. The summed E-state index contributed by atoms with van der Waals surface area (Å²) < 4.78 is 39.7. The summed E-state index contributed by atoms with van der Waals surface area (Å²) in [4.78, 5) is 37.2. The van der Waals surface area contributed by atoms with E-state index in [9.17, 15) is 28.0 Å². The van der Waals surface area contributed by atoms with Gasteiger partial charge >= 0.3 is 12.2 Å². The van der Waals surface area contributed by atoms with Crippen molar-refractivity contribution in [1.82, 2.24) is 20.3 Å². The van der Waals surface area contributed by atoms with Crippen LogP contribution in [0, 0.1) is 18.3 Å². The second-order valence-corrected chi connectivity index (χ2v) is 9.21. The third-order valence-corrected chi connectivity index (χ3v) is 6.12. The van der Waals surface area contributed by atoms with Gasteiger partial charge in [-0.25, -0.2) is 19.7 Å². The summed E-state index contributed by atoms with van der Waals surface area (Å²) in [6.45, 7) is 1.89. The Bertz CT molecular complexity index is 1570. The molecule has 3 amide bonds. The van der Waals surface area contributed by atoms with Crippen LogP contribution in [0.25, 0.3) is 11.3 Å². The average Bonchev–Trinajstić information content (AvgIpc) is 2.92. The summed E-state index contributed by atoms with van der Waals surface area (Å²) >= 11 is 0.881. The van der Waals surface area contributed by atoms with Gasteiger partial charge in [0.1, 0.15) is 17.5 Å². The molecular formula is C27H20F3N7O2S. The number of aromatic nitrogens is 3. The van der Waals surface area contributed by atoms with Crippen LogP contribution in [0.15, 0.2) is 78.1 Å². The number of halogens is 3. The van der Waals surface area contributed by atoms with Gasteiger partial charge in [0.2, 0.25) is 5.91 Å². The van der Waals surface area contributed by atoms with Gasteiger partial charge in [-0.1, -0.05) is 53.7 Å². The lowest BCUT2D eigenvalue weighted by Gasteiger charge is -2.14. The number of thioether (sulfide) groups is 1. The predicted molar refractivity (Wildman–Crippen MR) is 144 cm³/mol. The van der Waals surface area contributed by atoms with E-state index in [-0.39, 0.29) is 39.5 Å². The number of hydrogen-bond donors (Lipinski definition) is 3. The molecule has 0 saturated heterocycles. The van der Waals surface area contributed by atoms with Crippen molar-refractivity contribution in [1.29, 1.82) is 5.26 Å². The third-order valence-electron chi connectivity index (χ3n) is 5.27. The van der Waals surface area contributed by atoms with Gasteiger partial charge in [-0.2, -0.15) is 18.4 Å². The Hall–Kier alpha value is -4.96. The zero-order valence-corrected chi connectivity index (χ0v) is 21.6. The highest BCUT2D eigenvalue weighted by molar-refractivity contribution is 7.99. The van der Waals surface area contributed by atoms with Crippen molar-refractivity contribution >= 4 is 41.0 Å². The molecule has 2 heterocycles. The van der Waals surface area contributed by atoms with Gasteiger partial charge in [-0.05, 0) is 37.3 Å². The molecule has 0 radical (unpaired) electrons. The van der Waals surface area contributed by atoms with Crippen LogP contribution in [0.2, 0.25) is 0 Å². The Morgan fingerprint density at radius 3 is 2.48 bits per heavy atom. The molecule has 0 bridgehead atoms.